The fraction of sp³-hybridized carbons (Fsp3) is 0.800. The zero-order valence-corrected chi connectivity index (χ0v) is 10.5. The van der Waals surface area contributed by atoms with Crippen molar-refractivity contribution in [2.75, 3.05) is 18.1 Å². The molecule has 16 heavy (non-hydrogen) atoms. The van der Waals surface area contributed by atoms with Crippen molar-refractivity contribution < 1.29 is 14.7 Å². The van der Waals surface area contributed by atoms with Crippen LogP contribution in [0.15, 0.2) is 0 Å². The standard InChI is InChI=1S/C10H20N2O3S/c1-7(2)8(13)5-12-10(15)3-4-16-6-9(11)14/h7-8,13H,3-6H2,1-2H3,(H2,11,14)(H,12,15). The van der Waals surface area contributed by atoms with Crippen LogP contribution in [0.4, 0.5) is 0 Å². The summed E-state index contributed by atoms with van der Waals surface area (Å²) < 4.78 is 0. The summed E-state index contributed by atoms with van der Waals surface area (Å²) in [5.41, 5.74) is 4.95. The van der Waals surface area contributed by atoms with Crippen LogP contribution in [0.3, 0.4) is 0 Å². The highest BCUT2D eigenvalue weighted by molar-refractivity contribution is 7.99. The van der Waals surface area contributed by atoms with Gasteiger partial charge in [0.1, 0.15) is 0 Å². The van der Waals surface area contributed by atoms with E-state index in [-0.39, 0.29) is 30.0 Å². The molecule has 0 fully saturated rings. The van der Waals surface area contributed by atoms with E-state index < -0.39 is 6.10 Å². The van der Waals surface area contributed by atoms with Crippen molar-refractivity contribution in [1.29, 1.82) is 0 Å². The molecule has 0 heterocycles. The van der Waals surface area contributed by atoms with Crippen molar-refractivity contribution in [3.8, 4) is 0 Å². The lowest BCUT2D eigenvalue weighted by molar-refractivity contribution is -0.121. The summed E-state index contributed by atoms with van der Waals surface area (Å²) in [6.07, 6.45) is -0.176. The van der Waals surface area contributed by atoms with E-state index in [0.717, 1.165) is 0 Å². The zero-order valence-electron chi connectivity index (χ0n) is 9.73. The van der Waals surface area contributed by atoms with Crippen LogP contribution in [-0.2, 0) is 9.59 Å². The summed E-state index contributed by atoms with van der Waals surface area (Å²) in [5, 5.41) is 12.1. The molecule has 0 aromatic heterocycles. The van der Waals surface area contributed by atoms with Crippen LogP contribution >= 0.6 is 11.8 Å². The minimum atomic E-state index is -0.512. The Hall–Kier alpha value is -0.750. The minimum absolute atomic E-state index is 0.114. The second kappa shape index (κ2) is 8.41. The predicted octanol–water partition coefficient (Wildman–Crippen LogP) is -0.272. The number of carbonyl (C=O) groups excluding carboxylic acids is 2. The van der Waals surface area contributed by atoms with E-state index in [1.165, 1.54) is 11.8 Å². The normalized spacial score (nSPS) is 12.5. The Labute approximate surface area is 100 Å². The van der Waals surface area contributed by atoms with Crippen molar-refractivity contribution in [2.24, 2.45) is 11.7 Å². The lowest BCUT2D eigenvalue weighted by atomic mass is 10.1. The van der Waals surface area contributed by atoms with Gasteiger partial charge < -0.3 is 16.2 Å². The zero-order chi connectivity index (χ0) is 12.6. The van der Waals surface area contributed by atoms with E-state index in [0.29, 0.717) is 12.2 Å². The molecule has 0 saturated heterocycles. The maximum absolute atomic E-state index is 11.3. The molecular formula is C10H20N2O3S. The van der Waals surface area contributed by atoms with Gasteiger partial charge in [0.15, 0.2) is 0 Å². The first-order valence-electron chi connectivity index (χ1n) is 5.24. The third kappa shape index (κ3) is 8.55. The smallest absolute Gasteiger partial charge is 0.227 e. The highest BCUT2D eigenvalue weighted by Crippen LogP contribution is 2.02. The largest absolute Gasteiger partial charge is 0.391 e. The predicted molar refractivity (Wildman–Crippen MR) is 65.0 cm³/mol. The summed E-state index contributed by atoms with van der Waals surface area (Å²) in [4.78, 5) is 21.7. The summed E-state index contributed by atoms with van der Waals surface area (Å²) in [6.45, 7) is 4.05. The van der Waals surface area contributed by atoms with Crippen LogP contribution in [0.1, 0.15) is 20.3 Å². The molecule has 4 N–H and O–H groups in total. The molecule has 0 radical (unpaired) electrons. The van der Waals surface area contributed by atoms with Crippen LogP contribution in [-0.4, -0.2) is 41.1 Å². The molecular weight excluding hydrogens is 228 g/mol. The van der Waals surface area contributed by atoms with Crippen molar-refractivity contribution in [3.63, 3.8) is 0 Å². The SMILES string of the molecule is CC(C)C(O)CNC(=O)CCSCC(N)=O. The number of nitrogens with two attached hydrogens (primary N) is 1. The van der Waals surface area contributed by atoms with Crippen molar-refractivity contribution in [3.05, 3.63) is 0 Å². The average molecular weight is 248 g/mol. The molecule has 0 saturated carbocycles. The van der Waals surface area contributed by atoms with Crippen LogP contribution in [0.25, 0.3) is 0 Å². The Bertz CT molecular complexity index is 234. The molecule has 94 valence electrons. The molecule has 0 rings (SSSR count). The van der Waals surface area contributed by atoms with Gasteiger partial charge in [0.05, 0.1) is 11.9 Å². The first-order valence-corrected chi connectivity index (χ1v) is 6.39. The van der Waals surface area contributed by atoms with E-state index in [9.17, 15) is 14.7 Å². The summed E-state index contributed by atoms with van der Waals surface area (Å²) in [6, 6.07) is 0. The number of carbonyl (C=O) groups is 2. The maximum atomic E-state index is 11.3. The second-order valence-corrected chi connectivity index (χ2v) is 4.99. The highest BCUT2D eigenvalue weighted by Gasteiger charge is 2.10. The molecule has 0 aromatic carbocycles. The van der Waals surface area contributed by atoms with Gasteiger partial charge in [-0.3, -0.25) is 9.59 Å². The highest BCUT2D eigenvalue weighted by atomic mass is 32.2. The van der Waals surface area contributed by atoms with Gasteiger partial charge >= 0.3 is 0 Å². The van der Waals surface area contributed by atoms with Crippen molar-refractivity contribution in [2.45, 2.75) is 26.4 Å². The number of aliphatic hydroxyl groups is 1. The third-order valence-electron chi connectivity index (χ3n) is 2.00. The third-order valence-corrected chi connectivity index (χ3v) is 2.98. The molecule has 1 atom stereocenters. The Morgan fingerprint density at radius 3 is 2.56 bits per heavy atom. The number of hydrogen-bond acceptors (Lipinski definition) is 4. The average Bonchev–Trinajstić information content (AvgIpc) is 2.20. The molecule has 0 aliphatic heterocycles. The molecule has 5 nitrogen and oxygen atoms in total. The van der Waals surface area contributed by atoms with Gasteiger partial charge in [0.25, 0.3) is 0 Å². The van der Waals surface area contributed by atoms with Crippen LogP contribution in [0.2, 0.25) is 0 Å². The Morgan fingerprint density at radius 1 is 1.44 bits per heavy atom. The molecule has 2 amide bonds. The van der Waals surface area contributed by atoms with Crippen LogP contribution in [0, 0.1) is 5.92 Å². The number of amides is 2. The number of thioether (sulfide) groups is 1. The summed E-state index contributed by atoms with van der Waals surface area (Å²) >= 11 is 1.33. The van der Waals surface area contributed by atoms with E-state index in [1.807, 2.05) is 13.8 Å². The van der Waals surface area contributed by atoms with E-state index in [4.69, 9.17) is 5.73 Å². The van der Waals surface area contributed by atoms with E-state index in [1.54, 1.807) is 0 Å². The number of aliphatic hydroxyl groups excluding tert-OH is 1. The number of rotatable bonds is 8. The van der Waals surface area contributed by atoms with Crippen molar-refractivity contribution >= 4 is 23.6 Å². The van der Waals surface area contributed by atoms with Gasteiger partial charge in [0.2, 0.25) is 11.8 Å². The van der Waals surface area contributed by atoms with Gasteiger partial charge in [0, 0.05) is 18.7 Å². The maximum Gasteiger partial charge on any atom is 0.227 e. The van der Waals surface area contributed by atoms with Gasteiger partial charge in [-0.25, -0.2) is 0 Å². The fourth-order valence-corrected chi connectivity index (χ4v) is 1.56. The van der Waals surface area contributed by atoms with E-state index in [2.05, 4.69) is 5.32 Å². The topological polar surface area (TPSA) is 92.4 Å². The van der Waals surface area contributed by atoms with Gasteiger partial charge in [-0.1, -0.05) is 13.8 Å². The van der Waals surface area contributed by atoms with Crippen molar-refractivity contribution in [1.82, 2.24) is 5.32 Å². The molecule has 0 aliphatic carbocycles. The lowest BCUT2D eigenvalue weighted by Gasteiger charge is -2.14. The molecule has 0 bridgehead atoms. The monoisotopic (exact) mass is 248 g/mol. The first-order chi connectivity index (χ1) is 7.43. The summed E-state index contributed by atoms with van der Waals surface area (Å²) in [7, 11) is 0. The lowest BCUT2D eigenvalue weighted by Crippen LogP contribution is -2.34. The summed E-state index contributed by atoms with van der Waals surface area (Å²) in [5.74, 6) is 0.441. The number of nitrogens with one attached hydrogen (secondary N) is 1. The molecule has 6 heteroatoms. The molecule has 0 spiro atoms. The van der Waals surface area contributed by atoms with Gasteiger partial charge in [-0.2, -0.15) is 11.8 Å². The fourth-order valence-electron chi connectivity index (χ4n) is 0.880. The van der Waals surface area contributed by atoms with Gasteiger partial charge in [-0.15, -0.1) is 0 Å². The number of hydrogen-bond donors (Lipinski definition) is 3. The Kier molecular flexibility index (Phi) is 8.01. The van der Waals surface area contributed by atoms with Crippen LogP contribution in [0.5, 0.6) is 0 Å². The quantitative estimate of drug-likeness (QED) is 0.515. The number of primary amides is 1. The molecule has 0 aromatic rings. The first kappa shape index (κ1) is 15.2. The van der Waals surface area contributed by atoms with Crippen LogP contribution < -0.4 is 11.1 Å². The molecule has 0 aliphatic rings. The second-order valence-electron chi connectivity index (χ2n) is 3.88. The van der Waals surface area contributed by atoms with E-state index >= 15 is 0 Å². The minimum Gasteiger partial charge on any atom is -0.391 e. The van der Waals surface area contributed by atoms with Gasteiger partial charge in [-0.05, 0) is 5.92 Å². The molecule has 1 unspecified atom stereocenters. The Balaban J connectivity index is 3.48. The Morgan fingerprint density at radius 2 is 2.06 bits per heavy atom.